The smallest absolute Gasteiger partial charge is 0.286 e. The second-order valence-electron chi connectivity index (χ2n) is 5.22. The van der Waals surface area contributed by atoms with Crippen molar-refractivity contribution in [3.05, 3.63) is 40.3 Å². The van der Waals surface area contributed by atoms with E-state index in [0.717, 1.165) is 34.3 Å². The van der Waals surface area contributed by atoms with E-state index in [1.54, 1.807) is 0 Å². The number of nitrogens with zero attached hydrogens (tertiary/aromatic N) is 2. The highest BCUT2D eigenvalue weighted by molar-refractivity contribution is 8.18. The minimum absolute atomic E-state index is 0.125. The summed E-state index contributed by atoms with van der Waals surface area (Å²) in [6, 6.07) is 8.23. The van der Waals surface area contributed by atoms with Gasteiger partial charge in [0.2, 0.25) is 0 Å². The van der Waals surface area contributed by atoms with Gasteiger partial charge in [0.15, 0.2) is 5.17 Å². The highest BCUT2D eigenvalue weighted by atomic mass is 32.2. The fraction of sp³-hybridized carbons (Fsp3) is 0.375. The molecular weight excluding hydrogens is 284 g/mol. The molecule has 5 heteroatoms. The van der Waals surface area contributed by atoms with E-state index in [4.69, 9.17) is 4.74 Å². The second-order valence-corrected chi connectivity index (χ2v) is 6.20. The molecule has 0 aromatic heterocycles. The summed E-state index contributed by atoms with van der Waals surface area (Å²) in [5, 5.41) is 0.810. The van der Waals surface area contributed by atoms with Crippen LogP contribution in [0.4, 0.5) is 0 Å². The summed E-state index contributed by atoms with van der Waals surface area (Å²) in [7, 11) is 0. The molecule has 0 radical (unpaired) electrons. The van der Waals surface area contributed by atoms with Crippen LogP contribution < -0.4 is 0 Å². The first kappa shape index (κ1) is 14.4. The van der Waals surface area contributed by atoms with E-state index < -0.39 is 0 Å². The minimum atomic E-state index is -0.125. The van der Waals surface area contributed by atoms with Crippen molar-refractivity contribution < 1.29 is 9.53 Å². The number of aryl methyl sites for hydroxylation is 1. The van der Waals surface area contributed by atoms with Crippen molar-refractivity contribution in [2.75, 3.05) is 26.3 Å². The Morgan fingerprint density at radius 3 is 2.57 bits per heavy atom. The number of thioether (sulfide) groups is 1. The average Bonchev–Trinajstić information content (AvgIpc) is 2.90. The number of carbonyl (C=O) groups is 1. The molecule has 21 heavy (non-hydrogen) atoms. The Labute approximate surface area is 128 Å². The summed E-state index contributed by atoms with van der Waals surface area (Å²) in [6.45, 7) is 7.05. The number of aliphatic imine (C=N–C) groups is 1. The van der Waals surface area contributed by atoms with Crippen molar-refractivity contribution in [2.45, 2.75) is 13.8 Å². The number of benzene rings is 1. The summed E-state index contributed by atoms with van der Waals surface area (Å²) in [4.78, 5) is 19.3. The normalized spacial score (nSPS) is 21.5. The quantitative estimate of drug-likeness (QED) is 0.748. The zero-order valence-electron chi connectivity index (χ0n) is 12.3. The zero-order chi connectivity index (χ0) is 14.8. The first-order valence-corrected chi connectivity index (χ1v) is 7.88. The van der Waals surface area contributed by atoms with Gasteiger partial charge in [0.25, 0.3) is 5.91 Å². The Morgan fingerprint density at radius 2 is 1.90 bits per heavy atom. The van der Waals surface area contributed by atoms with Crippen LogP contribution >= 0.6 is 11.8 Å². The van der Waals surface area contributed by atoms with Crippen molar-refractivity contribution in [1.82, 2.24) is 4.90 Å². The average molecular weight is 302 g/mol. The summed E-state index contributed by atoms with van der Waals surface area (Å²) < 4.78 is 5.34. The Bertz CT molecular complexity index is 614. The first-order chi connectivity index (χ1) is 10.1. The lowest BCUT2D eigenvalue weighted by Gasteiger charge is -2.27. The minimum Gasteiger partial charge on any atom is -0.378 e. The van der Waals surface area contributed by atoms with Crippen LogP contribution in [-0.2, 0) is 9.53 Å². The van der Waals surface area contributed by atoms with Crippen LogP contribution in [0.15, 0.2) is 34.2 Å². The summed E-state index contributed by atoms with van der Waals surface area (Å²) in [6.07, 6.45) is 0. The molecule has 4 nitrogen and oxygen atoms in total. The molecule has 2 aliphatic rings. The number of rotatable bonds is 1. The highest BCUT2D eigenvalue weighted by Gasteiger charge is 2.28. The van der Waals surface area contributed by atoms with Crippen molar-refractivity contribution >= 4 is 28.4 Å². The number of hydrogen-bond acceptors (Lipinski definition) is 4. The van der Waals surface area contributed by atoms with Gasteiger partial charge in [-0.05, 0) is 36.7 Å². The van der Waals surface area contributed by atoms with Gasteiger partial charge in [-0.15, -0.1) is 0 Å². The molecule has 0 atom stereocenters. The molecule has 0 unspecified atom stereocenters. The first-order valence-electron chi connectivity index (χ1n) is 7.06. The Morgan fingerprint density at radius 1 is 1.24 bits per heavy atom. The van der Waals surface area contributed by atoms with Crippen LogP contribution in [0.1, 0.15) is 18.1 Å². The van der Waals surface area contributed by atoms with Gasteiger partial charge in [0, 0.05) is 13.1 Å². The van der Waals surface area contributed by atoms with Crippen LogP contribution in [0.25, 0.3) is 5.57 Å². The van der Waals surface area contributed by atoms with Crippen LogP contribution in [0, 0.1) is 6.92 Å². The van der Waals surface area contributed by atoms with E-state index in [-0.39, 0.29) is 5.91 Å². The Kier molecular flexibility index (Phi) is 4.12. The number of amidine groups is 1. The molecule has 1 aromatic carbocycles. The summed E-state index contributed by atoms with van der Waals surface area (Å²) >= 11 is 1.48. The zero-order valence-corrected chi connectivity index (χ0v) is 13.1. The lowest BCUT2D eigenvalue weighted by Crippen LogP contribution is -2.38. The molecule has 1 amide bonds. The Hall–Kier alpha value is -1.59. The van der Waals surface area contributed by atoms with E-state index in [1.807, 2.05) is 6.92 Å². The monoisotopic (exact) mass is 302 g/mol. The number of amides is 1. The molecule has 0 bridgehead atoms. The molecule has 0 N–H and O–H groups in total. The molecule has 2 heterocycles. The lowest BCUT2D eigenvalue weighted by atomic mass is 10.1. The SMILES string of the molecule is C/C(=C1/SC(N2CCOCC2)=NC1=O)c1ccc(C)cc1. The molecule has 110 valence electrons. The number of carbonyl (C=O) groups excluding carboxylic acids is 1. The third-order valence-corrected chi connectivity index (χ3v) is 4.91. The predicted octanol–water partition coefficient (Wildman–Crippen LogP) is 2.69. The lowest BCUT2D eigenvalue weighted by molar-refractivity contribution is -0.113. The molecule has 3 rings (SSSR count). The van der Waals surface area contributed by atoms with E-state index in [1.165, 1.54) is 17.3 Å². The molecule has 0 spiro atoms. The van der Waals surface area contributed by atoms with Crippen LogP contribution in [0.2, 0.25) is 0 Å². The number of ether oxygens (including phenoxy) is 1. The third kappa shape index (κ3) is 3.04. The molecular formula is C16H18N2O2S. The number of allylic oxidation sites excluding steroid dienone is 1. The van der Waals surface area contributed by atoms with Crippen molar-refractivity contribution in [2.24, 2.45) is 4.99 Å². The standard InChI is InChI=1S/C16H18N2O2S/c1-11-3-5-13(6-4-11)12(2)14-15(19)17-16(21-14)18-7-9-20-10-8-18/h3-6H,7-10H2,1-2H3/b14-12-. The van der Waals surface area contributed by atoms with Crippen molar-refractivity contribution in [1.29, 1.82) is 0 Å². The van der Waals surface area contributed by atoms with Gasteiger partial charge in [-0.2, -0.15) is 4.99 Å². The Balaban J connectivity index is 1.82. The summed E-state index contributed by atoms with van der Waals surface area (Å²) in [5.74, 6) is -0.125. The maximum atomic E-state index is 12.2. The van der Waals surface area contributed by atoms with Gasteiger partial charge in [0.05, 0.1) is 18.1 Å². The van der Waals surface area contributed by atoms with Crippen LogP contribution in [-0.4, -0.2) is 42.3 Å². The van der Waals surface area contributed by atoms with Crippen LogP contribution in [0.5, 0.6) is 0 Å². The third-order valence-electron chi connectivity index (χ3n) is 3.69. The maximum absolute atomic E-state index is 12.2. The highest BCUT2D eigenvalue weighted by Crippen LogP contribution is 2.34. The molecule has 1 fully saturated rings. The summed E-state index contributed by atoms with van der Waals surface area (Å²) in [5.41, 5.74) is 3.29. The number of hydrogen-bond donors (Lipinski definition) is 0. The van der Waals surface area contributed by atoms with E-state index in [9.17, 15) is 4.79 Å². The van der Waals surface area contributed by atoms with Gasteiger partial charge in [-0.25, -0.2) is 0 Å². The molecule has 1 aromatic rings. The fourth-order valence-corrected chi connectivity index (χ4v) is 3.38. The topological polar surface area (TPSA) is 41.9 Å². The number of morpholine rings is 1. The molecule has 2 aliphatic heterocycles. The van der Waals surface area contributed by atoms with Crippen molar-refractivity contribution in [3.8, 4) is 0 Å². The largest absolute Gasteiger partial charge is 0.378 e. The fourth-order valence-electron chi connectivity index (χ4n) is 2.36. The predicted molar refractivity (Wildman–Crippen MR) is 86.2 cm³/mol. The van der Waals surface area contributed by atoms with Crippen molar-refractivity contribution in [3.63, 3.8) is 0 Å². The van der Waals surface area contributed by atoms with Gasteiger partial charge >= 0.3 is 0 Å². The van der Waals surface area contributed by atoms with Crippen LogP contribution in [0.3, 0.4) is 0 Å². The van der Waals surface area contributed by atoms with Gasteiger partial charge in [0.1, 0.15) is 0 Å². The molecule has 0 aliphatic carbocycles. The van der Waals surface area contributed by atoms with E-state index in [2.05, 4.69) is 41.1 Å². The van der Waals surface area contributed by atoms with Gasteiger partial charge in [-0.3, -0.25) is 4.79 Å². The van der Waals surface area contributed by atoms with Gasteiger partial charge in [-0.1, -0.05) is 29.8 Å². The molecule has 0 saturated carbocycles. The maximum Gasteiger partial charge on any atom is 0.286 e. The second kappa shape index (κ2) is 6.03. The van der Waals surface area contributed by atoms with Gasteiger partial charge < -0.3 is 9.64 Å². The van der Waals surface area contributed by atoms with E-state index >= 15 is 0 Å². The molecule has 1 saturated heterocycles. The van der Waals surface area contributed by atoms with E-state index in [0.29, 0.717) is 13.2 Å².